The van der Waals surface area contributed by atoms with E-state index in [2.05, 4.69) is 16.4 Å². The van der Waals surface area contributed by atoms with Gasteiger partial charge >= 0.3 is 0 Å². The van der Waals surface area contributed by atoms with Crippen LogP contribution in [0, 0.1) is 22.7 Å². The lowest BCUT2D eigenvalue weighted by Gasteiger charge is -2.23. The van der Waals surface area contributed by atoms with Gasteiger partial charge in [0.05, 0.1) is 33.7 Å². The molecule has 0 aliphatic heterocycles. The SMILES string of the molecule is N#Cc1ccc(S(=O)(=O)N(Cc2ccc(C(=O)NC3(c4cccc(C#N)c4)CC3)cc2)Cc2cccnc2)cc1. The number of amides is 1. The number of aromatic nitrogens is 1. The van der Waals surface area contributed by atoms with Gasteiger partial charge in [-0.1, -0.05) is 30.3 Å². The second-order valence-electron chi connectivity index (χ2n) is 9.70. The van der Waals surface area contributed by atoms with E-state index >= 15 is 0 Å². The van der Waals surface area contributed by atoms with E-state index in [1.807, 2.05) is 30.3 Å². The average Bonchev–Trinajstić information content (AvgIpc) is 3.78. The number of rotatable bonds is 9. The van der Waals surface area contributed by atoms with Crippen LogP contribution in [0.4, 0.5) is 0 Å². The summed E-state index contributed by atoms with van der Waals surface area (Å²) < 4.78 is 28.5. The third kappa shape index (κ3) is 5.76. The van der Waals surface area contributed by atoms with Gasteiger partial charge in [0.2, 0.25) is 10.0 Å². The van der Waals surface area contributed by atoms with Gasteiger partial charge in [-0.3, -0.25) is 9.78 Å². The monoisotopic (exact) mass is 547 g/mol. The molecule has 1 fully saturated rings. The van der Waals surface area contributed by atoms with E-state index in [9.17, 15) is 18.5 Å². The first-order chi connectivity index (χ1) is 19.3. The molecule has 198 valence electrons. The third-order valence-electron chi connectivity index (χ3n) is 6.93. The van der Waals surface area contributed by atoms with Crippen molar-refractivity contribution in [3.8, 4) is 12.1 Å². The number of nitrogens with one attached hydrogen (secondary N) is 1. The van der Waals surface area contributed by atoms with E-state index in [4.69, 9.17) is 5.26 Å². The van der Waals surface area contributed by atoms with Crippen molar-refractivity contribution in [1.82, 2.24) is 14.6 Å². The molecule has 0 bridgehead atoms. The van der Waals surface area contributed by atoms with E-state index in [1.54, 1.807) is 48.8 Å². The van der Waals surface area contributed by atoms with Crippen molar-refractivity contribution in [3.05, 3.63) is 131 Å². The van der Waals surface area contributed by atoms with Crippen LogP contribution in [0.3, 0.4) is 0 Å². The first-order valence-electron chi connectivity index (χ1n) is 12.6. The Balaban J connectivity index is 1.35. The fourth-order valence-electron chi connectivity index (χ4n) is 4.52. The molecule has 0 radical (unpaired) electrons. The van der Waals surface area contributed by atoms with Crippen molar-refractivity contribution in [2.75, 3.05) is 0 Å². The van der Waals surface area contributed by atoms with Gasteiger partial charge < -0.3 is 5.32 Å². The normalized spacial score (nSPS) is 13.7. The number of carbonyl (C=O) groups excluding carboxylic acids is 1. The van der Waals surface area contributed by atoms with Gasteiger partial charge in [0.1, 0.15) is 0 Å². The van der Waals surface area contributed by atoms with Crippen LogP contribution in [0.25, 0.3) is 0 Å². The van der Waals surface area contributed by atoms with Crippen molar-refractivity contribution < 1.29 is 13.2 Å². The van der Waals surface area contributed by atoms with Crippen molar-refractivity contribution in [1.29, 1.82) is 10.5 Å². The molecule has 1 aliphatic carbocycles. The van der Waals surface area contributed by atoms with Crippen LogP contribution >= 0.6 is 0 Å². The Hall–Kier alpha value is -4.83. The van der Waals surface area contributed by atoms with E-state index in [0.29, 0.717) is 22.3 Å². The molecule has 1 aliphatic rings. The quantitative estimate of drug-likeness (QED) is 0.325. The van der Waals surface area contributed by atoms with Crippen LogP contribution in [0.1, 0.15) is 51.0 Å². The highest BCUT2D eigenvalue weighted by molar-refractivity contribution is 7.89. The number of pyridine rings is 1. The first-order valence-corrected chi connectivity index (χ1v) is 14.1. The molecule has 1 amide bonds. The summed E-state index contributed by atoms with van der Waals surface area (Å²) in [6.07, 6.45) is 4.83. The number of benzene rings is 3. The van der Waals surface area contributed by atoms with Gasteiger partial charge in [-0.15, -0.1) is 0 Å². The third-order valence-corrected chi connectivity index (χ3v) is 8.73. The van der Waals surface area contributed by atoms with E-state index in [-0.39, 0.29) is 23.9 Å². The Morgan fingerprint density at radius 3 is 2.20 bits per heavy atom. The van der Waals surface area contributed by atoms with E-state index < -0.39 is 15.6 Å². The highest BCUT2D eigenvalue weighted by atomic mass is 32.2. The molecule has 4 aromatic rings. The fraction of sp³-hybridized carbons (Fsp3) is 0.161. The summed E-state index contributed by atoms with van der Waals surface area (Å²) in [5.41, 5.74) is 3.26. The second-order valence-corrected chi connectivity index (χ2v) is 11.6. The van der Waals surface area contributed by atoms with Crippen molar-refractivity contribution in [2.24, 2.45) is 0 Å². The Morgan fingerprint density at radius 2 is 1.57 bits per heavy atom. The lowest BCUT2D eigenvalue weighted by molar-refractivity contribution is 0.0930. The minimum atomic E-state index is -3.91. The second kappa shape index (κ2) is 11.1. The molecule has 40 heavy (non-hydrogen) atoms. The maximum Gasteiger partial charge on any atom is 0.251 e. The lowest BCUT2D eigenvalue weighted by atomic mass is 10.0. The van der Waals surface area contributed by atoms with Crippen LogP contribution in [-0.4, -0.2) is 23.6 Å². The molecule has 0 spiro atoms. The Bertz CT molecular complexity index is 1720. The van der Waals surface area contributed by atoms with Gasteiger partial charge in [0.25, 0.3) is 5.91 Å². The zero-order valence-corrected chi connectivity index (χ0v) is 22.3. The Morgan fingerprint density at radius 1 is 0.875 bits per heavy atom. The molecule has 1 saturated carbocycles. The molecule has 3 aromatic carbocycles. The van der Waals surface area contributed by atoms with Gasteiger partial charge in [-0.2, -0.15) is 14.8 Å². The summed E-state index contributed by atoms with van der Waals surface area (Å²) in [6.45, 7) is 0.173. The highest BCUT2D eigenvalue weighted by Crippen LogP contribution is 2.45. The van der Waals surface area contributed by atoms with Crippen molar-refractivity contribution >= 4 is 15.9 Å². The molecule has 5 rings (SSSR count). The largest absolute Gasteiger partial charge is 0.343 e. The summed E-state index contributed by atoms with van der Waals surface area (Å²) in [7, 11) is -3.91. The van der Waals surface area contributed by atoms with Gasteiger partial charge in [-0.05, 0) is 84.1 Å². The van der Waals surface area contributed by atoms with E-state index in [0.717, 1.165) is 24.0 Å². The molecular formula is C31H25N5O3S. The molecule has 0 unspecified atom stereocenters. The molecule has 1 aromatic heterocycles. The fourth-order valence-corrected chi connectivity index (χ4v) is 5.94. The summed E-state index contributed by atoms with van der Waals surface area (Å²) >= 11 is 0. The van der Waals surface area contributed by atoms with Crippen molar-refractivity contribution in [3.63, 3.8) is 0 Å². The minimum Gasteiger partial charge on any atom is -0.343 e. The first kappa shape index (κ1) is 26.8. The van der Waals surface area contributed by atoms with Gasteiger partial charge in [0, 0.05) is 31.0 Å². The van der Waals surface area contributed by atoms with Crippen LogP contribution in [-0.2, 0) is 28.7 Å². The lowest BCUT2D eigenvalue weighted by Crippen LogP contribution is -2.35. The van der Waals surface area contributed by atoms with Gasteiger partial charge in [-0.25, -0.2) is 8.42 Å². The van der Waals surface area contributed by atoms with Crippen molar-refractivity contribution in [2.45, 2.75) is 36.4 Å². The van der Waals surface area contributed by atoms with Gasteiger partial charge in [0.15, 0.2) is 0 Å². The average molecular weight is 548 g/mol. The highest BCUT2D eigenvalue weighted by Gasteiger charge is 2.45. The number of sulfonamides is 1. The maximum absolute atomic E-state index is 13.6. The number of hydrogen-bond donors (Lipinski definition) is 1. The topological polar surface area (TPSA) is 127 Å². The minimum absolute atomic E-state index is 0.0734. The van der Waals surface area contributed by atoms with E-state index in [1.165, 1.54) is 28.6 Å². The number of nitriles is 2. The Kier molecular flexibility index (Phi) is 7.43. The summed E-state index contributed by atoms with van der Waals surface area (Å²) in [6, 6.07) is 27.6. The predicted octanol–water partition coefficient (Wildman–Crippen LogP) is 4.64. The van der Waals surface area contributed by atoms with Crippen LogP contribution < -0.4 is 5.32 Å². The summed E-state index contributed by atoms with van der Waals surface area (Å²) in [5, 5.41) is 21.4. The van der Waals surface area contributed by atoms with Crippen LogP contribution in [0.15, 0.2) is 102 Å². The summed E-state index contributed by atoms with van der Waals surface area (Å²) in [4.78, 5) is 17.3. The predicted molar refractivity (Wildman–Crippen MR) is 148 cm³/mol. The maximum atomic E-state index is 13.6. The van der Waals surface area contributed by atoms with Crippen LogP contribution in [0.5, 0.6) is 0 Å². The zero-order valence-electron chi connectivity index (χ0n) is 21.5. The number of nitrogens with zero attached hydrogens (tertiary/aromatic N) is 4. The standard InChI is InChI=1S/C31H25N5O3S/c32-18-23-8-12-29(13-9-23)40(38,39)36(22-26-4-2-16-34-20-26)21-24-6-10-27(11-7-24)30(37)35-31(14-15-31)28-5-1-3-25(17-28)19-33/h1-13,16-17,20H,14-15,21-22H2,(H,35,37). The smallest absolute Gasteiger partial charge is 0.251 e. The molecule has 1 heterocycles. The molecular weight excluding hydrogens is 522 g/mol. The molecule has 0 saturated heterocycles. The summed E-state index contributed by atoms with van der Waals surface area (Å²) in [5.74, 6) is -0.233. The Labute approximate surface area is 233 Å². The zero-order chi connectivity index (χ0) is 28.2. The molecule has 1 N–H and O–H groups in total. The molecule has 0 atom stereocenters. The molecule has 9 heteroatoms. The number of hydrogen-bond acceptors (Lipinski definition) is 6. The number of carbonyl (C=O) groups is 1. The molecule has 8 nitrogen and oxygen atoms in total. The van der Waals surface area contributed by atoms with Crippen LogP contribution in [0.2, 0.25) is 0 Å².